The molecule has 0 unspecified atom stereocenters. The molecular formula is C44H62S2. The van der Waals surface area contributed by atoms with E-state index in [-0.39, 0.29) is 0 Å². The molecule has 2 aromatic heterocycles. The number of aryl methyl sites for hydroxylation is 4. The Bertz CT molecular complexity index is 1240. The van der Waals surface area contributed by atoms with Gasteiger partial charge in [-0.05, 0) is 87.1 Å². The Hall–Kier alpha value is -2.26. The van der Waals surface area contributed by atoms with Gasteiger partial charge in [0.1, 0.15) is 0 Å². The Kier molecular flexibility index (Phi) is 19.9. The third-order valence-electron chi connectivity index (χ3n) is 8.99. The maximum atomic E-state index is 3.50. The van der Waals surface area contributed by atoms with E-state index in [1.165, 1.54) is 159 Å². The van der Waals surface area contributed by atoms with Crippen LogP contribution in [0.15, 0.2) is 36.4 Å². The van der Waals surface area contributed by atoms with Crippen LogP contribution in [0.2, 0.25) is 0 Å². The summed E-state index contributed by atoms with van der Waals surface area (Å²) in [5.74, 6) is 13.9. The van der Waals surface area contributed by atoms with Crippen molar-refractivity contribution >= 4 is 22.7 Å². The number of hydrogen-bond donors (Lipinski definition) is 0. The summed E-state index contributed by atoms with van der Waals surface area (Å²) >= 11 is 3.69. The number of unbranched alkanes of at least 4 members (excludes halogenated alkanes) is 18. The number of benzene rings is 1. The van der Waals surface area contributed by atoms with E-state index in [0.717, 1.165) is 24.0 Å². The molecule has 0 bridgehead atoms. The lowest BCUT2D eigenvalue weighted by atomic mass is 10.0. The van der Waals surface area contributed by atoms with Gasteiger partial charge in [-0.3, -0.25) is 0 Å². The molecule has 1 aromatic carbocycles. The van der Waals surface area contributed by atoms with Crippen molar-refractivity contribution in [2.75, 3.05) is 0 Å². The molecule has 0 N–H and O–H groups in total. The predicted molar refractivity (Wildman–Crippen MR) is 208 cm³/mol. The summed E-state index contributed by atoms with van der Waals surface area (Å²) in [6.07, 6.45) is 29.9. The van der Waals surface area contributed by atoms with E-state index in [0.29, 0.717) is 0 Å². The number of hydrogen-bond acceptors (Lipinski definition) is 2. The van der Waals surface area contributed by atoms with Gasteiger partial charge in [0.15, 0.2) is 0 Å². The lowest BCUT2D eigenvalue weighted by Gasteiger charge is -2.02. The molecule has 0 radical (unpaired) electrons. The summed E-state index contributed by atoms with van der Waals surface area (Å²) in [6, 6.07) is 13.2. The third-order valence-corrected chi connectivity index (χ3v) is 11.0. The van der Waals surface area contributed by atoms with Crippen LogP contribution in [-0.2, 0) is 12.8 Å². The first-order chi connectivity index (χ1) is 22.6. The van der Waals surface area contributed by atoms with Crippen molar-refractivity contribution in [1.82, 2.24) is 0 Å². The van der Waals surface area contributed by atoms with Gasteiger partial charge in [-0.25, -0.2) is 0 Å². The molecule has 250 valence electrons. The monoisotopic (exact) mass is 654 g/mol. The highest BCUT2D eigenvalue weighted by Gasteiger charge is 2.06. The molecule has 0 atom stereocenters. The Morgan fingerprint density at radius 3 is 1.04 bits per heavy atom. The first-order valence-corrected chi connectivity index (χ1v) is 20.5. The lowest BCUT2D eigenvalue weighted by Crippen LogP contribution is -1.87. The molecule has 0 fully saturated rings. The fourth-order valence-electron chi connectivity index (χ4n) is 6.22. The van der Waals surface area contributed by atoms with Crippen molar-refractivity contribution in [1.29, 1.82) is 0 Å². The van der Waals surface area contributed by atoms with Crippen molar-refractivity contribution in [3.8, 4) is 23.7 Å². The molecule has 3 rings (SSSR count). The third kappa shape index (κ3) is 16.0. The van der Waals surface area contributed by atoms with Gasteiger partial charge in [0, 0.05) is 20.9 Å². The molecule has 0 spiro atoms. The molecule has 0 nitrogen and oxygen atoms in total. The highest BCUT2D eigenvalue weighted by molar-refractivity contribution is 7.13. The van der Waals surface area contributed by atoms with E-state index in [4.69, 9.17) is 0 Å². The van der Waals surface area contributed by atoms with Crippen LogP contribution in [-0.4, -0.2) is 0 Å². The van der Waals surface area contributed by atoms with Crippen LogP contribution < -0.4 is 0 Å². The van der Waals surface area contributed by atoms with Crippen molar-refractivity contribution < 1.29 is 0 Å². The van der Waals surface area contributed by atoms with Gasteiger partial charge in [-0.1, -0.05) is 153 Å². The van der Waals surface area contributed by atoms with Crippen LogP contribution in [0.3, 0.4) is 0 Å². The molecule has 0 amide bonds. The zero-order valence-electron chi connectivity index (χ0n) is 29.8. The summed E-state index contributed by atoms with van der Waals surface area (Å²) in [4.78, 5) is 5.24. The summed E-state index contributed by atoms with van der Waals surface area (Å²) in [5.41, 5.74) is 5.01. The first-order valence-electron chi connectivity index (χ1n) is 18.9. The quantitative estimate of drug-likeness (QED) is 0.0747. The van der Waals surface area contributed by atoms with E-state index in [9.17, 15) is 0 Å². The normalized spacial score (nSPS) is 10.9. The van der Waals surface area contributed by atoms with Gasteiger partial charge in [0.05, 0.1) is 9.75 Å². The van der Waals surface area contributed by atoms with Crippen LogP contribution in [0, 0.1) is 37.5 Å². The average molecular weight is 655 g/mol. The fourth-order valence-corrected chi connectivity index (χ4v) is 8.05. The smallest absolute Gasteiger partial charge is 0.0806 e. The maximum Gasteiger partial charge on any atom is 0.0806 e. The summed E-state index contributed by atoms with van der Waals surface area (Å²) in [6.45, 7) is 9.01. The molecule has 3 aromatic rings. The van der Waals surface area contributed by atoms with Crippen molar-refractivity contribution in [3.05, 3.63) is 78.2 Å². The molecule has 0 aliphatic heterocycles. The Balaban J connectivity index is 1.42. The maximum absolute atomic E-state index is 3.50. The van der Waals surface area contributed by atoms with E-state index < -0.39 is 0 Å². The van der Waals surface area contributed by atoms with Gasteiger partial charge in [0.25, 0.3) is 0 Å². The van der Waals surface area contributed by atoms with E-state index in [1.54, 1.807) is 0 Å². The first kappa shape index (κ1) is 38.2. The van der Waals surface area contributed by atoms with Gasteiger partial charge >= 0.3 is 0 Å². The largest absolute Gasteiger partial charge is 0.132 e. The standard InChI is InChI=1S/C44H62S2/c1-5-7-9-11-13-15-17-19-21-23-25-41-35-37(3)45-43(41)33-31-39-27-29-40(30-28-39)32-34-44-42(36-38(4)46-44)26-24-22-20-18-16-14-12-10-8-6-2/h27-30,35-36H,5-26H2,1-4H3. The van der Waals surface area contributed by atoms with Crippen LogP contribution >= 0.6 is 22.7 Å². The second-order valence-electron chi connectivity index (χ2n) is 13.4. The molecule has 0 aliphatic carbocycles. The summed E-state index contributed by atoms with van der Waals surface area (Å²) in [5, 5.41) is 0. The van der Waals surface area contributed by atoms with Crippen LogP contribution in [0.4, 0.5) is 0 Å². The van der Waals surface area contributed by atoms with Crippen molar-refractivity contribution in [2.45, 2.75) is 169 Å². The zero-order chi connectivity index (χ0) is 32.7. The Morgan fingerprint density at radius 1 is 0.413 bits per heavy atom. The van der Waals surface area contributed by atoms with Gasteiger partial charge in [0.2, 0.25) is 0 Å². The Labute approximate surface area is 292 Å². The molecule has 2 heterocycles. The summed E-state index contributed by atoms with van der Waals surface area (Å²) in [7, 11) is 0. The molecule has 46 heavy (non-hydrogen) atoms. The molecule has 0 saturated carbocycles. The highest BCUT2D eigenvalue weighted by atomic mass is 32.1. The van der Waals surface area contributed by atoms with Crippen LogP contribution in [0.5, 0.6) is 0 Å². The molecule has 2 heteroatoms. The summed E-state index contributed by atoms with van der Waals surface area (Å²) < 4.78 is 0. The van der Waals surface area contributed by atoms with Crippen molar-refractivity contribution in [2.24, 2.45) is 0 Å². The molecular weight excluding hydrogens is 593 g/mol. The SMILES string of the molecule is CCCCCCCCCCCCc1cc(C)sc1C#Cc1ccc(C#Cc2sc(C)cc2CCCCCCCCCCCC)cc1. The number of rotatable bonds is 22. The highest BCUT2D eigenvalue weighted by Crippen LogP contribution is 2.25. The van der Waals surface area contributed by atoms with E-state index >= 15 is 0 Å². The second-order valence-corrected chi connectivity index (χ2v) is 15.9. The van der Waals surface area contributed by atoms with E-state index in [1.807, 2.05) is 22.7 Å². The average Bonchev–Trinajstić information content (AvgIpc) is 3.61. The lowest BCUT2D eigenvalue weighted by molar-refractivity contribution is 0.556. The fraction of sp³-hybridized carbons (Fsp3) is 0.591. The van der Waals surface area contributed by atoms with Crippen LogP contribution in [0.1, 0.15) is 184 Å². The van der Waals surface area contributed by atoms with Gasteiger partial charge in [-0.2, -0.15) is 0 Å². The second kappa shape index (κ2) is 24.0. The number of thiophene rings is 2. The predicted octanol–water partition coefficient (Wildman–Crippen LogP) is 14.2. The van der Waals surface area contributed by atoms with Crippen molar-refractivity contribution in [3.63, 3.8) is 0 Å². The van der Waals surface area contributed by atoms with Gasteiger partial charge in [-0.15, -0.1) is 22.7 Å². The molecule has 0 aliphatic rings. The minimum Gasteiger partial charge on any atom is -0.132 e. The minimum absolute atomic E-state index is 1.06. The van der Waals surface area contributed by atoms with Gasteiger partial charge < -0.3 is 0 Å². The Morgan fingerprint density at radius 2 is 0.717 bits per heavy atom. The minimum atomic E-state index is 1.06. The zero-order valence-corrected chi connectivity index (χ0v) is 31.5. The molecule has 0 saturated heterocycles. The van der Waals surface area contributed by atoms with E-state index in [2.05, 4.69) is 87.8 Å². The topological polar surface area (TPSA) is 0 Å². The van der Waals surface area contributed by atoms with Crippen LogP contribution in [0.25, 0.3) is 0 Å².